The van der Waals surface area contributed by atoms with Crippen LogP contribution in [0.25, 0.3) is 0 Å². The van der Waals surface area contributed by atoms with Crippen LogP contribution in [0.3, 0.4) is 0 Å². The van der Waals surface area contributed by atoms with Gasteiger partial charge in [-0.1, -0.05) is 0 Å². The van der Waals surface area contributed by atoms with Crippen LogP contribution in [-0.4, -0.2) is 20.7 Å². The number of benzene rings is 1. The molecule has 5 heteroatoms. The molecule has 0 saturated carbocycles. The summed E-state index contributed by atoms with van der Waals surface area (Å²) in [6, 6.07) is 0. The van der Waals surface area contributed by atoms with E-state index in [0.717, 1.165) is 0 Å². The van der Waals surface area contributed by atoms with E-state index in [4.69, 9.17) is 9.30 Å². The van der Waals surface area contributed by atoms with E-state index < -0.39 is 16.1 Å². The second-order valence-corrected chi connectivity index (χ2v) is 19.5. The zero-order chi connectivity index (χ0) is 22.7. The molecule has 0 N–H and O–H groups in total. The average Bonchev–Trinajstić information content (AvgIpc) is 2.58. The Hall–Kier alpha value is -0.684. The number of hydrogen-bond acceptors (Lipinski definition) is 0. The molecular formula is C22H36CrO2Si2. The molecule has 0 heterocycles. The first-order valence-corrected chi connectivity index (χ1v) is 16.5. The van der Waals surface area contributed by atoms with Crippen molar-refractivity contribution >= 4 is 20.7 Å². The Bertz CT molecular complexity index is 585. The molecule has 0 radical (unpaired) electrons. The van der Waals surface area contributed by atoms with Crippen LogP contribution in [0.5, 0.6) is 0 Å². The van der Waals surface area contributed by atoms with Gasteiger partial charge in [0.05, 0.1) is 0 Å². The van der Waals surface area contributed by atoms with Crippen molar-refractivity contribution in [2.24, 2.45) is 0 Å². The van der Waals surface area contributed by atoms with Gasteiger partial charge in [0.15, 0.2) is 0 Å². The molecule has 0 saturated heterocycles. The molecule has 0 spiro atoms. The molecule has 0 aromatic heterocycles. The summed E-state index contributed by atoms with van der Waals surface area (Å²) in [5.74, 6) is 0. The molecule has 2 nitrogen and oxygen atoms in total. The maximum atomic E-state index is 7.50. The second-order valence-electron chi connectivity index (χ2n) is 8.73. The number of hydrogen-bond donors (Lipinski definition) is 0. The molecule has 150 valence electrons. The zero-order valence-corrected chi connectivity index (χ0v) is 22.5. The van der Waals surface area contributed by atoms with E-state index in [1.54, 1.807) is 4.82 Å². The fraction of sp³-hybridized carbons (Fsp3) is 0.545. The van der Waals surface area contributed by atoms with Crippen molar-refractivity contribution in [1.82, 2.24) is 0 Å². The fourth-order valence-corrected chi connectivity index (χ4v) is 15.6. The standard InChI is InChI=1S/C12H18.C8H18Si2.2CO.Cr/c1-7-8(2)10(4)12(6)11(5)9(7)3;1-8(9(2,3)4)10(5,6)7;2*1-2;/h1-6H3;2-7H3;;;. The summed E-state index contributed by atoms with van der Waals surface area (Å²) < 4.78 is 18.3. The summed E-state index contributed by atoms with van der Waals surface area (Å²) in [5, 5.41) is 0. The molecular weight excluding hydrogens is 404 g/mol. The van der Waals surface area contributed by atoms with Crippen LogP contribution >= 0.6 is 0 Å². The molecule has 0 fully saturated rings. The monoisotopic (exact) mass is 440 g/mol. The molecule has 1 aromatic rings. The van der Waals surface area contributed by atoms with E-state index in [1.165, 1.54) is 33.4 Å². The first-order chi connectivity index (χ1) is 12.2. The van der Waals surface area contributed by atoms with E-state index in [2.05, 4.69) is 115 Å². The van der Waals surface area contributed by atoms with Crippen LogP contribution < -0.4 is 0 Å². The van der Waals surface area contributed by atoms with Crippen molar-refractivity contribution in [2.75, 3.05) is 0 Å². The Kier molecular flexibility index (Phi) is 15.5. The van der Waals surface area contributed by atoms with Gasteiger partial charge in [-0.15, -0.1) is 0 Å². The van der Waals surface area contributed by atoms with E-state index in [1.807, 2.05) is 0 Å². The predicted molar refractivity (Wildman–Crippen MR) is 118 cm³/mol. The molecule has 0 aliphatic carbocycles. The third-order valence-electron chi connectivity index (χ3n) is 4.98. The van der Waals surface area contributed by atoms with Gasteiger partial charge in [-0.25, -0.2) is 0 Å². The van der Waals surface area contributed by atoms with Gasteiger partial charge in [-0.2, -0.15) is 0 Å². The summed E-state index contributed by atoms with van der Waals surface area (Å²) in [4.78, 5) is 1.63. The van der Waals surface area contributed by atoms with Crippen molar-refractivity contribution in [3.05, 3.63) is 51.5 Å². The topological polar surface area (TPSA) is 39.8 Å². The van der Waals surface area contributed by atoms with Crippen molar-refractivity contribution < 1.29 is 25.2 Å². The van der Waals surface area contributed by atoms with Crippen molar-refractivity contribution in [3.63, 3.8) is 0 Å². The molecule has 0 amide bonds. The predicted octanol–water partition coefficient (Wildman–Crippen LogP) is 6.08. The van der Waals surface area contributed by atoms with E-state index in [-0.39, 0.29) is 0 Å². The quantitative estimate of drug-likeness (QED) is 0.304. The summed E-state index contributed by atoms with van der Waals surface area (Å²) in [7, 11) is -2.17. The minimum absolute atomic E-state index is 1.09. The van der Waals surface area contributed by atoms with Crippen LogP contribution in [0.4, 0.5) is 0 Å². The Morgan fingerprint density at radius 2 is 0.741 bits per heavy atom. The van der Waals surface area contributed by atoms with Gasteiger partial charge in [0, 0.05) is 0 Å². The van der Waals surface area contributed by atoms with Gasteiger partial charge in [-0.3, -0.25) is 0 Å². The minimum atomic E-state index is -1.09. The molecule has 1 aromatic carbocycles. The van der Waals surface area contributed by atoms with Crippen LogP contribution in [0, 0.1) is 54.8 Å². The normalized spacial score (nSPS) is 9.93. The Balaban J connectivity index is -0.000000361. The maximum absolute atomic E-state index is 7.50. The van der Waals surface area contributed by atoms with Gasteiger partial charge in [0.2, 0.25) is 0 Å². The van der Waals surface area contributed by atoms with Crippen LogP contribution in [0.2, 0.25) is 39.3 Å². The molecule has 27 heavy (non-hydrogen) atoms. The summed E-state index contributed by atoms with van der Waals surface area (Å²) in [6.45, 7) is 36.6. The van der Waals surface area contributed by atoms with Crippen LogP contribution in [-0.2, 0) is 25.2 Å². The molecule has 1 rings (SSSR count). The summed E-state index contributed by atoms with van der Waals surface area (Å²) >= 11 is 2.94. The molecule has 0 aliphatic rings. The van der Waals surface area contributed by atoms with Crippen molar-refractivity contribution in [2.45, 2.75) is 80.8 Å². The van der Waals surface area contributed by atoms with Crippen LogP contribution in [0.1, 0.15) is 33.4 Å². The molecule has 0 atom stereocenters. The molecule has 0 aliphatic heterocycles. The molecule has 0 unspecified atom stereocenters. The van der Waals surface area contributed by atoms with Gasteiger partial charge >= 0.3 is 103 Å². The van der Waals surface area contributed by atoms with Gasteiger partial charge in [-0.05, 0) is 74.9 Å². The van der Waals surface area contributed by atoms with Gasteiger partial charge in [0.25, 0.3) is 0 Å². The SMILES string of the molecule is C[Si](C)(C)C(=[C]=[Cr])[Si](C)(C)C.Cc1c(C)c(C)c(C)c(C)c1C.[C-]#[O+].[C-]#[O+]. The van der Waals surface area contributed by atoms with Crippen molar-refractivity contribution in [3.8, 4) is 0 Å². The average molecular weight is 441 g/mol. The van der Waals surface area contributed by atoms with E-state index in [0.29, 0.717) is 0 Å². The van der Waals surface area contributed by atoms with Crippen molar-refractivity contribution in [1.29, 1.82) is 0 Å². The summed E-state index contributed by atoms with van der Waals surface area (Å²) in [5.41, 5.74) is 8.73. The van der Waals surface area contributed by atoms with E-state index in [9.17, 15) is 0 Å². The second kappa shape index (κ2) is 13.5. The van der Waals surface area contributed by atoms with Gasteiger partial charge < -0.3 is 0 Å². The van der Waals surface area contributed by atoms with Crippen LogP contribution in [0.15, 0.2) is 4.82 Å². The third-order valence-corrected chi connectivity index (χ3v) is 13.6. The fourth-order valence-electron chi connectivity index (χ4n) is 3.12. The third kappa shape index (κ3) is 9.88. The Morgan fingerprint density at radius 1 is 0.593 bits per heavy atom. The Labute approximate surface area is 177 Å². The first kappa shape index (κ1) is 31.0. The molecule has 0 bridgehead atoms. The first-order valence-electron chi connectivity index (χ1n) is 8.86. The zero-order valence-electron chi connectivity index (χ0n) is 19.2. The van der Waals surface area contributed by atoms with Gasteiger partial charge in [0.1, 0.15) is 0 Å². The van der Waals surface area contributed by atoms with E-state index >= 15 is 0 Å². The number of rotatable bonds is 2. The Morgan fingerprint density at radius 3 is 0.778 bits per heavy atom. The summed E-state index contributed by atoms with van der Waals surface area (Å²) in [6.07, 6.45) is 0.